The first kappa shape index (κ1) is 15.3. The average Bonchev–Trinajstić information content (AvgIpc) is 2.91. The van der Waals surface area contributed by atoms with E-state index in [9.17, 15) is 9.18 Å². The van der Waals surface area contributed by atoms with E-state index in [0.717, 1.165) is 19.4 Å². The van der Waals surface area contributed by atoms with Gasteiger partial charge in [-0.25, -0.2) is 9.37 Å². The van der Waals surface area contributed by atoms with Crippen LogP contribution < -0.4 is 5.32 Å². The van der Waals surface area contributed by atoms with Gasteiger partial charge in [-0.05, 0) is 34.8 Å². The normalized spacial score (nSPS) is 18.2. The first-order valence-electron chi connectivity index (χ1n) is 6.45. The van der Waals surface area contributed by atoms with Gasteiger partial charge < -0.3 is 14.8 Å². The highest BCUT2D eigenvalue weighted by atomic mass is 79.9. The summed E-state index contributed by atoms with van der Waals surface area (Å²) >= 11 is 3.10. The summed E-state index contributed by atoms with van der Waals surface area (Å²) in [6, 6.07) is 1.25. The van der Waals surface area contributed by atoms with Gasteiger partial charge in [-0.2, -0.15) is 0 Å². The minimum absolute atomic E-state index is 0.0719. The van der Waals surface area contributed by atoms with Crippen LogP contribution in [0, 0.1) is 5.82 Å². The molecule has 0 unspecified atom stereocenters. The maximum Gasteiger partial charge on any atom is 0.227 e. The van der Waals surface area contributed by atoms with Gasteiger partial charge in [0.05, 0.1) is 25.7 Å². The lowest BCUT2D eigenvalue weighted by atomic mass is 10.2. The molecule has 0 aromatic carbocycles. The highest BCUT2D eigenvalue weighted by Crippen LogP contribution is 2.16. The smallest absolute Gasteiger partial charge is 0.227 e. The number of nitrogens with zero attached hydrogens (tertiary/aromatic N) is 1. The zero-order valence-electron chi connectivity index (χ0n) is 10.9. The molecular weight excluding hydrogens is 331 g/mol. The molecule has 1 aliphatic rings. The molecule has 0 bridgehead atoms. The molecule has 1 saturated heterocycles. The Morgan fingerprint density at radius 1 is 1.65 bits per heavy atom. The second kappa shape index (κ2) is 7.66. The van der Waals surface area contributed by atoms with E-state index in [-0.39, 0.29) is 30.9 Å². The van der Waals surface area contributed by atoms with E-state index in [1.165, 1.54) is 12.3 Å². The van der Waals surface area contributed by atoms with Gasteiger partial charge >= 0.3 is 0 Å². The molecule has 0 saturated carbocycles. The van der Waals surface area contributed by atoms with Crippen molar-refractivity contribution in [2.24, 2.45) is 0 Å². The van der Waals surface area contributed by atoms with Gasteiger partial charge in [0, 0.05) is 17.3 Å². The third kappa shape index (κ3) is 4.81. The van der Waals surface area contributed by atoms with Gasteiger partial charge in [0.2, 0.25) is 5.91 Å². The number of hydrogen-bond acceptors (Lipinski definition) is 4. The minimum atomic E-state index is -0.576. The Labute approximate surface area is 125 Å². The fourth-order valence-electron chi connectivity index (χ4n) is 1.86. The van der Waals surface area contributed by atoms with Crippen LogP contribution in [-0.2, 0) is 14.3 Å². The molecule has 1 atom stereocenters. The summed E-state index contributed by atoms with van der Waals surface area (Å²) in [5.41, 5.74) is 0. The molecule has 7 heteroatoms. The van der Waals surface area contributed by atoms with Crippen LogP contribution in [-0.4, -0.2) is 36.8 Å². The summed E-state index contributed by atoms with van der Waals surface area (Å²) in [5, 5.41) is 2.41. The quantitative estimate of drug-likeness (QED) is 0.804. The van der Waals surface area contributed by atoms with Crippen LogP contribution in [0.4, 0.5) is 10.2 Å². The zero-order chi connectivity index (χ0) is 14.4. The van der Waals surface area contributed by atoms with E-state index in [1.54, 1.807) is 0 Å². The summed E-state index contributed by atoms with van der Waals surface area (Å²) in [6.45, 7) is 1.56. The summed E-state index contributed by atoms with van der Waals surface area (Å²) < 4.78 is 24.7. The Bertz CT molecular complexity index is 467. The lowest BCUT2D eigenvalue weighted by molar-refractivity contribution is -0.117. The highest BCUT2D eigenvalue weighted by molar-refractivity contribution is 9.10. The van der Waals surface area contributed by atoms with Gasteiger partial charge in [0.15, 0.2) is 11.6 Å². The minimum Gasteiger partial charge on any atom is -0.378 e. The summed E-state index contributed by atoms with van der Waals surface area (Å²) in [7, 11) is 0. The van der Waals surface area contributed by atoms with Crippen LogP contribution in [0.1, 0.15) is 19.3 Å². The predicted molar refractivity (Wildman–Crippen MR) is 74.9 cm³/mol. The third-order valence-electron chi connectivity index (χ3n) is 2.87. The van der Waals surface area contributed by atoms with Crippen LogP contribution >= 0.6 is 15.9 Å². The molecule has 1 N–H and O–H groups in total. The standard InChI is InChI=1S/C13H16BrFN2O3/c14-9-6-11(15)13(16-7-9)17-12(18)3-5-19-8-10-2-1-4-20-10/h6-7,10H,1-5,8H2,(H,16,17,18)/t10-/m1/s1. The molecule has 0 aliphatic carbocycles. The molecule has 1 amide bonds. The SMILES string of the molecule is O=C(CCOC[C@H]1CCCO1)Nc1ncc(Br)cc1F. The Kier molecular flexibility index (Phi) is 5.87. The van der Waals surface area contributed by atoms with Crippen molar-refractivity contribution < 1.29 is 18.7 Å². The van der Waals surface area contributed by atoms with Gasteiger partial charge in [-0.15, -0.1) is 0 Å². The van der Waals surface area contributed by atoms with Crippen molar-refractivity contribution in [2.75, 3.05) is 25.1 Å². The number of ether oxygens (including phenoxy) is 2. The van der Waals surface area contributed by atoms with E-state index in [4.69, 9.17) is 9.47 Å². The molecule has 1 fully saturated rings. The van der Waals surface area contributed by atoms with Crippen molar-refractivity contribution in [1.29, 1.82) is 0 Å². The van der Waals surface area contributed by atoms with Crippen LogP contribution in [0.2, 0.25) is 0 Å². The molecule has 20 heavy (non-hydrogen) atoms. The third-order valence-corrected chi connectivity index (χ3v) is 3.30. The Morgan fingerprint density at radius 3 is 3.20 bits per heavy atom. The van der Waals surface area contributed by atoms with Crippen molar-refractivity contribution in [2.45, 2.75) is 25.4 Å². The maximum absolute atomic E-state index is 13.4. The number of amides is 1. The van der Waals surface area contributed by atoms with Gasteiger partial charge in [-0.3, -0.25) is 4.79 Å². The number of rotatable bonds is 6. The van der Waals surface area contributed by atoms with Crippen LogP contribution in [0.3, 0.4) is 0 Å². The topological polar surface area (TPSA) is 60.5 Å². The molecular formula is C13H16BrFN2O3. The second-order valence-electron chi connectivity index (χ2n) is 4.49. The number of pyridine rings is 1. The van der Waals surface area contributed by atoms with Crippen LogP contribution in [0.25, 0.3) is 0 Å². The largest absolute Gasteiger partial charge is 0.378 e. The molecule has 2 rings (SSSR count). The molecule has 1 aromatic rings. The number of carbonyl (C=O) groups excluding carboxylic acids is 1. The fraction of sp³-hybridized carbons (Fsp3) is 0.538. The van der Waals surface area contributed by atoms with Gasteiger partial charge in [0.25, 0.3) is 0 Å². The van der Waals surface area contributed by atoms with E-state index >= 15 is 0 Å². The van der Waals surface area contributed by atoms with Crippen molar-refractivity contribution in [3.8, 4) is 0 Å². The first-order chi connectivity index (χ1) is 9.65. The maximum atomic E-state index is 13.4. The Morgan fingerprint density at radius 2 is 2.50 bits per heavy atom. The lowest BCUT2D eigenvalue weighted by Crippen LogP contribution is -2.19. The van der Waals surface area contributed by atoms with Crippen molar-refractivity contribution in [1.82, 2.24) is 4.98 Å². The highest BCUT2D eigenvalue weighted by Gasteiger charge is 2.15. The fourth-order valence-corrected chi connectivity index (χ4v) is 2.16. The lowest BCUT2D eigenvalue weighted by Gasteiger charge is -2.10. The van der Waals surface area contributed by atoms with Gasteiger partial charge in [-0.1, -0.05) is 0 Å². The van der Waals surface area contributed by atoms with Crippen LogP contribution in [0.15, 0.2) is 16.7 Å². The van der Waals surface area contributed by atoms with Gasteiger partial charge in [0.1, 0.15) is 0 Å². The van der Waals surface area contributed by atoms with E-state index < -0.39 is 5.82 Å². The van der Waals surface area contributed by atoms with Crippen molar-refractivity contribution in [3.05, 3.63) is 22.6 Å². The molecule has 1 aromatic heterocycles. The summed E-state index contributed by atoms with van der Waals surface area (Å²) in [5.74, 6) is -0.976. The second-order valence-corrected chi connectivity index (χ2v) is 5.41. The average molecular weight is 347 g/mol. The number of halogens is 2. The summed E-state index contributed by atoms with van der Waals surface area (Å²) in [6.07, 6.45) is 3.78. The number of carbonyl (C=O) groups is 1. The molecule has 0 radical (unpaired) electrons. The van der Waals surface area contributed by atoms with Crippen LogP contribution in [0.5, 0.6) is 0 Å². The monoisotopic (exact) mass is 346 g/mol. The number of hydrogen-bond donors (Lipinski definition) is 1. The Balaban J connectivity index is 1.67. The molecule has 0 spiro atoms. The summed E-state index contributed by atoms with van der Waals surface area (Å²) in [4.78, 5) is 15.4. The molecule has 5 nitrogen and oxygen atoms in total. The molecule has 110 valence electrons. The number of aromatic nitrogens is 1. The van der Waals surface area contributed by atoms with E-state index in [0.29, 0.717) is 11.1 Å². The van der Waals surface area contributed by atoms with E-state index in [1.807, 2.05) is 0 Å². The zero-order valence-corrected chi connectivity index (χ0v) is 12.5. The number of anilines is 1. The molecule has 1 aliphatic heterocycles. The predicted octanol–water partition coefficient (Wildman–Crippen LogP) is 2.51. The van der Waals surface area contributed by atoms with Crippen molar-refractivity contribution in [3.63, 3.8) is 0 Å². The number of nitrogens with one attached hydrogen (secondary N) is 1. The first-order valence-corrected chi connectivity index (χ1v) is 7.24. The van der Waals surface area contributed by atoms with E-state index in [2.05, 4.69) is 26.2 Å². The van der Waals surface area contributed by atoms with Crippen molar-refractivity contribution >= 4 is 27.7 Å². The Hall–Kier alpha value is -1.05. The molecule has 2 heterocycles.